The zero-order valence-corrected chi connectivity index (χ0v) is 13.8. The molecule has 1 unspecified atom stereocenters. The number of amides is 1. The van der Waals surface area contributed by atoms with E-state index in [1.165, 1.54) is 6.20 Å². The highest BCUT2D eigenvalue weighted by atomic mass is 16.5. The summed E-state index contributed by atoms with van der Waals surface area (Å²) in [7, 11) is 0. The Bertz CT molecular complexity index is 782. The van der Waals surface area contributed by atoms with Gasteiger partial charge in [0.2, 0.25) is 0 Å². The summed E-state index contributed by atoms with van der Waals surface area (Å²) in [5.74, 6) is -0.272. The van der Waals surface area contributed by atoms with Gasteiger partial charge in [-0.1, -0.05) is 0 Å². The lowest BCUT2D eigenvalue weighted by molar-refractivity contribution is 0.0513. The lowest BCUT2D eigenvalue weighted by atomic mass is 10.1. The first kappa shape index (κ1) is 16.2. The molecule has 3 rings (SSSR count). The van der Waals surface area contributed by atoms with Gasteiger partial charge in [-0.2, -0.15) is 0 Å². The molecule has 126 valence electrons. The maximum Gasteiger partial charge on any atom is 0.317 e. The van der Waals surface area contributed by atoms with Crippen molar-refractivity contribution in [3.8, 4) is 6.01 Å². The fraction of sp³-hybridized carbons (Fsp3) is 0.412. The largest absolute Gasteiger partial charge is 0.458 e. The topological polar surface area (TPSA) is 88.2 Å². The number of ether oxygens (including phenoxy) is 1. The Morgan fingerprint density at radius 3 is 2.79 bits per heavy atom. The smallest absolute Gasteiger partial charge is 0.317 e. The highest BCUT2D eigenvalue weighted by molar-refractivity contribution is 5.93. The van der Waals surface area contributed by atoms with Crippen LogP contribution in [0.5, 0.6) is 6.01 Å². The number of rotatable bonds is 3. The maximum absolute atomic E-state index is 12.5. The van der Waals surface area contributed by atoms with E-state index < -0.39 is 0 Å². The summed E-state index contributed by atoms with van der Waals surface area (Å²) in [4.78, 5) is 37.1. The van der Waals surface area contributed by atoms with E-state index in [-0.39, 0.29) is 23.1 Å². The van der Waals surface area contributed by atoms with E-state index in [4.69, 9.17) is 4.74 Å². The van der Waals surface area contributed by atoms with E-state index in [9.17, 15) is 9.59 Å². The van der Waals surface area contributed by atoms with Crippen LogP contribution in [0.2, 0.25) is 0 Å². The summed E-state index contributed by atoms with van der Waals surface area (Å²) >= 11 is 0. The zero-order chi connectivity index (χ0) is 17.1. The van der Waals surface area contributed by atoms with E-state index in [1.807, 2.05) is 19.9 Å². The molecule has 1 N–H and O–H groups in total. The molecule has 1 atom stereocenters. The molecule has 0 aromatic carbocycles. The minimum Gasteiger partial charge on any atom is -0.458 e. The Hall–Kier alpha value is -2.70. The molecule has 1 aliphatic rings. The number of aromatic nitrogens is 3. The zero-order valence-electron chi connectivity index (χ0n) is 13.8. The SMILES string of the molecule is Cc1cc(C)nc(OC2CCCN(C(=O)c3ccc[nH]c3=O)C2)n1. The summed E-state index contributed by atoms with van der Waals surface area (Å²) in [6, 6.07) is 5.41. The normalized spacial score (nSPS) is 17.6. The third-order valence-corrected chi connectivity index (χ3v) is 3.95. The van der Waals surface area contributed by atoms with Gasteiger partial charge in [0.1, 0.15) is 11.7 Å². The van der Waals surface area contributed by atoms with Crippen LogP contribution in [0.4, 0.5) is 0 Å². The number of nitrogens with zero attached hydrogens (tertiary/aromatic N) is 3. The number of piperidine rings is 1. The van der Waals surface area contributed by atoms with E-state index >= 15 is 0 Å². The Kier molecular flexibility index (Phi) is 4.59. The molecular formula is C17H20N4O3. The Labute approximate surface area is 139 Å². The third-order valence-electron chi connectivity index (χ3n) is 3.95. The van der Waals surface area contributed by atoms with Crippen molar-refractivity contribution >= 4 is 5.91 Å². The Morgan fingerprint density at radius 1 is 1.33 bits per heavy atom. The van der Waals surface area contributed by atoms with Crippen LogP contribution >= 0.6 is 0 Å². The average Bonchev–Trinajstić information content (AvgIpc) is 2.54. The first-order valence-electron chi connectivity index (χ1n) is 7.99. The number of H-pyrrole nitrogens is 1. The number of carbonyl (C=O) groups is 1. The van der Waals surface area contributed by atoms with Gasteiger partial charge >= 0.3 is 6.01 Å². The summed E-state index contributed by atoms with van der Waals surface area (Å²) in [5.41, 5.74) is 1.47. The molecule has 1 saturated heterocycles. The molecule has 7 heteroatoms. The number of hydrogen-bond acceptors (Lipinski definition) is 5. The van der Waals surface area contributed by atoms with E-state index in [0.717, 1.165) is 24.2 Å². The number of aromatic amines is 1. The minimum atomic E-state index is -0.372. The molecule has 0 bridgehead atoms. The molecule has 0 spiro atoms. The van der Waals surface area contributed by atoms with Crippen LogP contribution in [0.1, 0.15) is 34.6 Å². The van der Waals surface area contributed by atoms with Crippen molar-refractivity contribution in [1.82, 2.24) is 19.9 Å². The second-order valence-corrected chi connectivity index (χ2v) is 5.98. The first-order chi connectivity index (χ1) is 11.5. The van der Waals surface area contributed by atoms with Gasteiger partial charge in [-0.25, -0.2) is 9.97 Å². The predicted octanol–water partition coefficient (Wildman–Crippen LogP) is 1.47. The lowest BCUT2D eigenvalue weighted by Gasteiger charge is -2.32. The Morgan fingerprint density at radius 2 is 2.08 bits per heavy atom. The number of carbonyl (C=O) groups excluding carboxylic acids is 1. The number of hydrogen-bond donors (Lipinski definition) is 1. The number of pyridine rings is 1. The highest BCUT2D eigenvalue weighted by Gasteiger charge is 2.27. The van der Waals surface area contributed by atoms with Gasteiger partial charge in [-0.05, 0) is 44.9 Å². The van der Waals surface area contributed by atoms with Gasteiger partial charge in [-0.15, -0.1) is 0 Å². The van der Waals surface area contributed by atoms with Gasteiger partial charge in [-0.3, -0.25) is 9.59 Å². The van der Waals surface area contributed by atoms with Crippen LogP contribution in [0.25, 0.3) is 0 Å². The van der Waals surface area contributed by atoms with Crippen molar-refractivity contribution < 1.29 is 9.53 Å². The molecule has 24 heavy (non-hydrogen) atoms. The van der Waals surface area contributed by atoms with Gasteiger partial charge in [0, 0.05) is 24.1 Å². The van der Waals surface area contributed by atoms with Crippen LogP contribution in [0.15, 0.2) is 29.2 Å². The van der Waals surface area contributed by atoms with Gasteiger partial charge in [0.05, 0.1) is 6.54 Å². The van der Waals surface area contributed by atoms with Crippen LogP contribution in [0.3, 0.4) is 0 Å². The first-order valence-corrected chi connectivity index (χ1v) is 7.99. The molecule has 7 nitrogen and oxygen atoms in total. The predicted molar refractivity (Wildman–Crippen MR) is 88.1 cm³/mol. The van der Waals surface area contributed by atoms with Crippen molar-refractivity contribution in [2.24, 2.45) is 0 Å². The molecule has 1 amide bonds. The third kappa shape index (κ3) is 3.61. The second-order valence-electron chi connectivity index (χ2n) is 5.98. The molecule has 1 aliphatic heterocycles. The van der Waals surface area contributed by atoms with Gasteiger partial charge < -0.3 is 14.6 Å². The van der Waals surface area contributed by atoms with Gasteiger partial charge in [0.15, 0.2) is 0 Å². The van der Waals surface area contributed by atoms with E-state index in [1.54, 1.807) is 17.0 Å². The molecule has 2 aromatic heterocycles. The van der Waals surface area contributed by atoms with Crippen LogP contribution in [0, 0.1) is 13.8 Å². The van der Waals surface area contributed by atoms with E-state index in [0.29, 0.717) is 19.1 Å². The molecular weight excluding hydrogens is 308 g/mol. The fourth-order valence-electron chi connectivity index (χ4n) is 2.87. The van der Waals surface area contributed by atoms with Crippen molar-refractivity contribution in [2.45, 2.75) is 32.8 Å². The quantitative estimate of drug-likeness (QED) is 0.921. The number of nitrogens with one attached hydrogen (secondary N) is 1. The van der Waals surface area contributed by atoms with Crippen molar-refractivity contribution in [3.63, 3.8) is 0 Å². The lowest BCUT2D eigenvalue weighted by Crippen LogP contribution is -2.45. The van der Waals surface area contributed by atoms with Crippen molar-refractivity contribution in [2.75, 3.05) is 13.1 Å². The second kappa shape index (κ2) is 6.82. The molecule has 0 radical (unpaired) electrons. The molecule has 3 heterocycles. The monoisotopic (exact) mass is 328 g/mol. The standard InChI is InChI=1S/C17H20N4O3/c1-11-9-12(2)20-17(19-11)24-13-5-4-8-21(10-13)16(23)14-6-3-7-18-15(14)22/h3,6-7,9,13H,4-5,8,10H2,1-2H3,(H,18,22). The Balaban J connectivity index is 1.71. The molecule has 0 aliphatic carbocycles. The molecule has 1 fully saturated rings. The molecule has 2 aromatic rings. The van der Waals surface area contributed by atoms with E-state index in [2.05, 4.69) is 15.0 Å². The molecule has 0 saturated carbocycles. The fourth-order valence-corrected chi connectivity index (χ4v) is 2.87. The summed E-state index contributed by atoms with van der Waals surface area (Å²) in [6.07, 6.45) is 2.97. The highest BCUT2D eigenvalue weighted by Crippen LogP contribution is 2.17. The summed E-state index contributed by atoms with van der Waals surface area (Å²) < 4.78 is 5.86. The summed E-state index contributed by atoms with van der Waals surface area (Å²) in [5, 5.41) is 0. The minimum absolute atomic E-state index is 0.154. The number of aryl methyl sites for hydroxylation is 2. The van der Waals surface area contributed by atoms with Crippen molar-refractivity contribution in [3.05, 3.63) is 51.7 Å². The van der Waals surface area contributed by atoms with Crippen LogP contribution < -0.4 is 10.3 Å². The summed E-state index contributed by atoms with van der Waals surface area (Å²) in [6.45, 7) is 4.81. The average molecular weight is 328 g/mol. The maximum atomic E-state index is 12.5. The van der Waals surface area contributed by atoms with Crippen LogP contribution in [-0.2, 0) is 0 Å². The van der Waals surface area contributed by atoms with Crippen LogP contribution in [-0.4, -0.2) is 45.0 Å². The van der Waals surface area contributed by atoms with Gasteiger partial charge in [0.25, 0.3) is 11.5 Å². The number of likely N-dealkylation sites (tertiary alicyclic amines) is 1. The van der Waals surface area contributed by atoms with Crippen molar-refractivity contribution in [1.29, 1.82) is 0 Å².